The number of hydrogen-bond acceptors (Lipinski definition) is 5. The van der Waals surface area contributed by atoms with Crippen LogP contribution in [0.15, 0.2) is 17.1 Å². The van der Waals surface area contributed by atoms with Crippen molar-refractivity contribution in [3.8, 4) is 0 Å². The number of nitrogen functional groups attached to an aromatic ring is 1. The summed E-state index contributed by atoms with van der Waals surface area (Å²) < 4.78 is 10.2. The van der Waals surface area contributed by atoms with E-state index in [1.165, 1.54) is 0 Å². The van der Waals surface area contributed by atoms with E-state index in [1.807, 2.05) is 26.0 Å². The molecule has 19 heavy (non-hydrogen) atoms. The van der Waals surface area contributed by atoms with Gasteiger partial charge < -0.3 is 0 Å². The number of carboxylic acid groups (broad SMARTS) is 1. The number of aliphatic imine (C=N–C) groups is 1. The van der Waals surface area contributed by atoms with E-state index in [4.69, 9.17) is 10.8 Å². The van der Waals surface area contributed by atoms with Crippen LogP contribution in [0.5, 0.6) is 0 Å². The maximum absolute atomic E-state index is 10.9. The minimum atomic E-state index is -1.10. The van der Waals surface area contributed by atoms with Gasteiger partial charge in [-0.2, -0.15) is 0 Å². The molecule has 1 rings (SSSR count). The Labute approximate surface area is 112 Å². The van der Waals surface area contributed by atoms with Crippen molar-refractivity contribution >= 4 is 30.6 Å². The van der Waals surface area contributed by atoms with Crippen LogP contribution < -0.4 is 11.1 Å². The minimum absolute atomic E-state index is 0.0623. The molecule has 7 heteroatoms. The molecule has 0 aliphatic rings. The van der Waals surface area contributed by atoms with Crippen molar-refractivity contribution in [1.29, 1.82) is 0 Å². The van der Waals surface area contributed by atoms with Crippen LogP contribution in [0.4, 0.5) is 11.4 Å². The number of aryl methyl sites for hydroxylation is 2. The van der Waals surface area contributed by atoms with Gasteiger partial charge in [-0.15, -0.1) is 0 Å². The van der Waals surface area contributed by atoms with E-state index in [0.29, 0.717) is 18.5 Å². The molecule has 0 heterocycles. The van der Waals surface area contributed by atoms with Crippen molar-refractivity contribution in [3.63, 3.8) is 0 Å². The third-order valence-corrected chi connectivity index (χ3v) is 2.63. The average molecular weight is 261 g/mol. The van der Waals surface area contributed by atoms with Crippen molar-refractivity contribution in [2.45, 2.75) is 19.9 Å². The number of nitrogens with zero attached hydrogens (tertiary/aromatic N) is 1. The van der Waals surface area contributed by atoms with Gasteiger partial charge in [0.05, 0.1) is 0 Å². The summed E-state index contributed by atoms with van der Waals surface area (Å²) in [6, 6.07) is 2.76. The molecule has 0 fully saturated rings. The van der Waals surface area contributed by atoms with E-state index in [1.54, 1.807) is 0 Å². The number of anilines is 2. The second kappa shape index (κ2) is 6.68. The summed E-state index contributed by atoms with van der Waals surface area (Å²) >= 11 is 0. The van der Waals surface area contributed by atoms with Crippen LogP contribution in [0.1, 0.15) is 11.1 Å². The number of carboxylic acids is 1. The first kappa shape index (κ1) is 14.9. The van der Waals surface area contributed by atoms with Crippen LogP contribution in [-0.2, 0) is 9.50 Å². The average Bonchev–Trinajstić information content (AvgIpc) is 2.34. The van der Waals surface area contributed by atoms with Crippen LogP contribution in [0.25, 0.3) is 0 Å². The molecule has 0 saturated heterocycles. The van der Waals surface area contributed by atoms with E-state index >= 15 is 0 Å². The number of hydrogen-bond donors (Lipinski definition) is 3. The zero-order valence-electron chi connectivity index (χ0n) is 10.9. The van der Waals surface area contributed by atoms with Gasteiger partial charge in [-0.25, -0.2) is 0 Å². The third kappa shape index (κ3) is 4.20. The monoisotopic (exact) mass is 261 g/mol. The zero-order chi connectivity index (χ0) is 14.4. The molecule has 4 N–H and O–H groups in total. The third-order valence-electron chi connectivity index (χ3n) is 2.63. The first-order chi connectivity index (χ1) is 8.95. The van der Waals surface area contributed by atoms with Gasteiger partial charge in [0.1, 0.15) is 0 Å². The first-order valence-corrected chi connectivity index (χ1v) is 5.76. The molecule has 1 aromatic carbocycles. The Morgan fingerprint density at radius 2 is 2.26 bits per heavy atom. The van der Waals surface area contributed by atoms with E-state index in [2.05, 4.69) is 10.3 Å². The molecular weight excluding hydrogens is 245 g/mol. The summed E-state index contributed by atoms with van der Waals surface area (Å²) in [5.41, 5.74) is 9.11. The molecule has 0 amide bonds. The molecule has 6 nitrogen and oxygen atoms in total. The fraction of sp³-hybridized carbons (Fsp3) is 0.333. The predicted molar refractivity (Wildman–Crippen MR) is 75.2 cm³/mol. The van der Waals surface area contributed by atoms with Crippen LogP contribution in [-0.4, -0.2) is 36.9 Å². The Hall–Kier alpha value is -2.18. The molecule has 0 aliphatic carbocycles. The topological polar surface area (TPSA) is 105 Å². The van der Waals surface area contributed by atoms with Crippen molar-refractivity contribution in [2.75, 3.05) is 17.6 Å². The van der Waals surface area contributed by atoms with Crippen LogP contribution in [0, 0.1) is 13.8 Å². The van der Waals surface area contributed by atoms with Gasteiger partial charge in [0.25, 0.3) is 0 Å². The Morgan fingerprint density at radius 1 is 1.58 bits per heavy atom. The molecule has 1 aromatic rings. The molecule has 0 bridgehead atoms. The van der Waals surface area contributed by atoms with Gasteiger partial charge in [-0.05, 0) is 0 Å². The van der Waals surface area contributed by atoms with E-state index in [0.717, 1.165) is 17.2 Å². The second-order valence-electron chi connectivity index (χ2n) is 4.21. The number of carbonyl (C=O) groups is 1. The maximum atomic E-state index is 10.9. The van der Waals surface area contributed by atoms with Crippen molar-refractivity contribution in [1.82, 2.24) is 0 Å². The number of rotatable bonds is 6. The van der Waals surface area contributed by atoms with Crippen molar-refractivity contribution in [2.24, 2.45) is 4.99 Å². The van der Waals surface area contributed by atoms with Crippen molar-refractivity contribution < 1.29 is 14.6 Å². The van der Waals surface area contributed by atoms with Gasteiger partial charge in [0.15, 0.2) is 0 Å². The summed E-state index contributed by atoms with van der Waals surface area (Å²) in [6.07, 6.45) is 0.936. The standard InChI is InChI=1S/C12H16BN3O3/c1-7-3-8(2)11(14)9(4-7)15-5-10(12(17)18)16-6-13-19/h3-4,6,10,15H,5,14H2,1-2H3,(H,17,18)/t10-/m0/s1. The van der Waals surface area contributed by atoms with Crippen molar-refractivity contribution in [3.05, 3.63) is 23.3 Å². The Balaban J connectivity index is 2.82. The Morgan fingerprint density at radius 3 is 2.84 bits per heavy atom. The van der Waals surface area contributed by atoms with Gasteiger partial charge in [-0.1, -0.05) is 0 Å². The van der Waals surface area contributed by atoms with Crippen LogP contribution in [0.3, 0.4) is 0 Å². The van der Waals surface area contributed by atoms with Gasteiger partial charge >= 0.3 is 111 Å². The summed E-state index contributed by atoms with van der Waals surface area (Å²) in [4.78, 5) is 14.6. The second-order valence-corrected chi connectivity index (χ2v) is 4.21. The molecule has 0 aliphatic heterocycles. The number of benzene rings is 1. The van der Waals surface area contributed by atoms with Gasteiger partial charge in [0.2, 0.25) is 0 Å². The Kier molecular flexibility index (Phi) is 5.23. The number of nitrogens with one attached hydrogen (secondary N) is 1. The summed E-state index contributed by atoms with van der Waals surface area (Å²) in [6.45, 7) is 3.87. The molecule has 100 valence electrons. The predicted octanol–water partition coefficient (Wildman–Crippen LogP) is 0.829. The first-order valence-electron chi connectivity index (χ1n) is 5.76. The van der Waals surface area contributed by atoms with Gasteiger partial charge in [0, 0.05) is 0 Å². The fourth-order valence-electron chi connectivity index (χ4n) is 1.67. The summed E-state index contributed by atoms with van der Waals surface area (Å²) in [7, 11) is 0.446. The van der Waals surface area contributed by atoms with Gasteiger partial charge in [-0.3, -0.25) is 0 Å². The van der Waals surface area contributed by atoms with E-state index in [-0.39, 0.29) is 6.54 Å². The molecule has 0 aromatic heterocycles. The normalized spacial score (nSPS) is 12.1. The zero-order valence-corrected chi connectivity index (χ0v) is 10.9. The molecule has 0 unspecified atom stereocenters. The molecular formula is C12H16BN3O3. The quantitative estimate of drug-likeness (QED) is 0.399. The molecule has 0 spiro atoms. The SMILES string of the molecule is Cc1cc(C)c(N)c(NC[C@H](N=CB=O)C(=O)O)c1. The molecule has 0 radical (unpaired) electrons. The fourth-order valence-corrected chi connectivity index (χ4v) is 1.67. The van der Waals surface area contributed by atoms with E-state index in [9.17, 15) is 9.50 Å². The van der Waals surface area contributed by atoms with Crippen LogP contribution >= 0.6 is 0 Å². The van der Waals surface area contributed by atoms with E-state index < -0.39 is 12.0 Å². The van der Waals surface area contributed by atoms with Crippen LogP contribution in [0.2, 0.25) is 0 Å². The molecule has 0 saturated carbocycles. The summed E-state index contributed by atoms with van der Waals surface area (Å²) in [5, 5.41) is 11.9. The summed E-state index contributed by atoms with van der Waals surface area (Å²) in [5.74, 6) is -1.10. The number of nitrogens with two attached hydrogens (primary N) is 1. The molecule has 1 atom stereocenters. The Bertz CT molecular complexity index is 517. The number of aliphatic carboxylic acids is 1.